The maximum absolute atomic E-state index is 12.0. The van der Waals surface area contributed by atoms with Gasteiger partial charge in [0, 0.05) is 36.8 Å². The van der Waals surface area contributed by atoms with Crippen molar-refractivity contribution in [3.63, 3.8) is 0 Å². The number of piperidine rings is 1. The van der Waals surface area contributed by atoms with E-state index in [1.807, 2.05) is 24.3 Å². The van der Waals surface area contributed by atoms with Crippen LogP contribution in [0, 0.1) is 5.92 Å². The van der Waals surface area contributed by atoms with Gasteiger partial charge in [0.2, 0.25) is 5.91 Å². The maximum atomic E-state index is 12.0. The summed E-state index contributed by atoms with van der Waals surface area (Å²) in [6.45, 7) is 2.05. The molecule has 2 unspecified atom stereocenters. The highest BCUT2D eigenvalue weighted by molar-refractivity contribution is 7.80. The lowest BCUT2D eigenvalue weighted by molar-refractivity contribution is -0.116. The molecule has 2 bridgehead atoms. The van der Waals surface area contributed by atoms with Crippen LogP contribution < -0.4 is 11.1 Å². The van der Waals surface area contributed by atoms with Gasteiger partial charge in [0.1, 0.15) is 4.99 Å². The summed E-state index contributed by atoms with van der Waals surface area (Å²) in [7, 11) is 0. The van der Waals surface area contributed by atoms with Gasteiger partial charge >= 0.3 is 0 Å². The van der Waals surface area contributed by atoms with Crippen LogP contribution in [0.1, 0.15) is 31.2 Å². The van der Waals surface area contributed by atoms with Crippen molar-refractivity contribution in [1.82, 2.24) is 4.90 Å². The largest absolute Gasteiger partial charge is 0.389 e. The molecule has 0 spiro atoms. The van der Waals surface area contributed by atoms with Crippen molar-refractivity contribution in [3.8, 4) is 0 Å². The van der Waals surface area contributed by atoms with E-state index in [9.17, 15) is 4.79 Å². The van der Waals surface area contributed by atoms with Crippen LogP contribution in [0.25, 0.3) is 0 Å². The van der Waals surface area contributed by atoms with E-state index >= 15 is 0 Å². The Morgan fingerprint density at radius 3 is 2.67 bits per heavy atom. The summed E-state index contributed by atoms with van der Waals surface area (Å²) in [4.78, 5) is 14.9. The van der Waals surface area contributed by atoms with Crippen LogP contribution in [0.2, 0.25) is 0 Å². The number of amides is 1. The minimum Gasteiger partial charge on any atom is -0.389 e. The molecule has 1 aliphatic carbocycles. The molecule has 1 aromatic rings. The first kappa shape index (κ1) is 14.5. The average Bonchev–Trinajstić information content (AvgIpc) is 3.08. The predicted octanol–water partition coefficient (Wildman–Crippen LogP) is 2.13. The van der Waals surface area contributed by atoms with Crippen molar-refractivity contribution in [2.75, 3.05) is 18.4 Å². The predicted molar refractivity (Wildman–Crippen MR) is 88.3 cm³/mol. The fourth-order valence-corrected chi connectivity index (χ4v) is 3.62. The normalized spacial score (nSPS) is 24.2. The third-order valence-electron chi connectivity index (χ3n) is 4.60. The van der Waals surface area contributed by atoms with Crippen LogP contribution in [-0.4, -0.2) is 34.9 Å². The van der Waals surface area contributed by atoms with Crippen molar-refractivity contribution in [1.29, 1.82) is 0 Å². The van der Waals surface area contributed by atoms with Gasteiger partial charge < -0.3 is 11.1 Å². The van der Waals surface area contributed by atoms with Crippen molar-refractivity contribution in [2.45, 2.75) is 31.7 Å². The molecule has 5 heteroatoms. The third kappa shape index (κ3) is 3.41. The summed E-state index contributed by atoms with van der Waals surface area (Å²) in [5.41, 5.74) is 7.16. The van der Waals surface area contributed by atoms with Crippen molar-refractivity contribution in [3.05, 3.63) is 29.8 Å². The second kappa shape index (κ2) is 6.12. The van der Waals surface area contributed by atoms with E-state index in [-0.39, 0.29) is 5.91 Å². The molecule has 1 saturated carbocycles. The second-order valence-electron chi connectivity index (χ2n) is 6.07. The van der Waals surface area contributed by atoms with Gasteiger partial charge in [-0.2, -0.15) is 0 Å². The highest BCUT2D eigenvalue weighted by Gasteiger charge is 2.37. The molecule has 2 fully saturated rings. The van der Waals surface area contributed by atoms with Crippen LogP contribution in [0.3, 0.4) is 0 Å². The number of fused-ring (bicyclic) bond motifs is 2. The van der Waals surface area contributed by atoms with Crippen LogP contribution >= 0.6 is 12.2 Å². The van der Waals surface area contributed by atoms with Gasteiger partial charge in [-0.3, -0.25) is 9.69 Å². The van der Waals surface area contributed by atoms with E-state index in [0.29, 0.717) is 11.4 Å². The Morgan fingerprint density at radius 1 is 1.33 bits per heavy atom. The SMILES string of the molecule is NC(=S)c1ccc(NC(=O)CCN2CC3CCC2C3)cc1. The lowest BCUT2D eigenvalue weighted by Gasteiger charge is -2.26. The topological polar surface area (TPSA) is 58.4 Å². The number of rotatable bonds is 5. The van der Waals surface area contributed by atoms with Crippen LogP contribution in [0.15, 0.2) is 24.3 Å². The van der Waals surface area contributed by atoms with E-state index in [1.54, 1.807) is 0 Å². The summed E-state index contributed by atoms with van der Waals surface area (Å²) in [5, 5.41) is 2.93. The smallest absolute Gasteiger partial charge is 0.225 e. The summed E-state index contributed by atoms with van der Waals surface area (Å²) in [6, 6.07) is 8.07. The van der Waals surface area contributed by atoms with Gasteiger partial charge in [0.15, 0.2) is 0 Å². The summed E-state index contributed by atoms with van der Waals surface area (Å²) >= 11 is 4.91. The Hall–Kier alpha value is -1.46. The van der Waals surface area contributed by atoms with Gasteiger partial charge in [-0.1, -0.05) is 12.2 Å². The number of benzene rings is 1. The third-order valence-corrected chi connectivity index (χ3v) is 4.84. The molecular formula is C16H21N3OS. The van der Waals surface area contributed by atoms with E-state index < -0.39 is 0 Å². The van der Waals surface area contributed by atoms with E-state index in [0.717, 1.165) is 29.8 Å². The lowest BCUT2D eigenvalue weighted by atomic mass is 10.1. The molecule has 1 amide bonds. The van der Waals surface area contributed by atoms with Crippen molar-refractivity contribution < 1.29 is 4.79 Å². The number of thiocarbonyl (C=S) groups is 1. The molecule has 0 aromatic heterocycles. The molecule has 4 nitrogen and oxygen atoms in total. The Kier molecular flexibility index (Phi) is 4.22. The zero-order chi connectivity index (χ0) is 14.8. The molecule has 3 rings (SSSR count). The summed E-state index contributed by atoms with van der Waals surface area (Å²) < 4.78 is 0. The van der Waals surface area contributed by atoms with Gasteiger partial charge in [-0.15, -0.1) is 0 Å². The molecule has 1 saturated heterocycles. The van der Waals surface area contributed by atoms with Crippen LogP contribution in [-0.2, 0) is 4.79 Å². The van der Waals surface area contributed by atoms with Crippen LogP contribution in [0.5, 0.6) is 0 Å². The Balaban J connectivity index is 1.46. The van der Waals surface area contributed by atoms with E-state index in [4.69, 9.17) is 18.0 Å². The Labute approximate surface area is 130 Å². The zero-order valence-electron chi connectivity index (χ0n) is 12.0. The van der Waals surface area contributed by atoms with Crippen molar-refractivity contribution in [2.24, 2.45) is 11.7 Å². The molecule has 112 valence electrons. The first-order chi connectivity index (χ1) is 10.1. The molecule has 21 heavy (non-hydrogen) atoms. The molecular weight excluding hydrogens is 282 g/mol. The average molecular weight is 303 g/mol. The fourth-order valence-electron chi connectivity index (χ4n) is 3.49. The molecule has 2 atom stereocenters. The van der Waals surface area contributed by atoms with Gasteiger partial charge in [0.05, 0.1) is 0 Å². The summed E-state index contributed by atoms with van der Waals surface area (Å²) in [5.74, 6) is 0.951. The number of anilines is 1. The molecule has 2 aliphatic rings. The first-order valence-electron chi connectivity index (χ1n) is 7.55. The zero-order valence-corrected chi connectivity index (χ0v) is 12.9. The van der Waals surface area contributed by atoms with Gasteiger partial charge in [0.25, 0.3) is 0 Å². The number of nitrogens with one attached hydrogen (secondary N) is 1. The van der Waals surface area contributed by atoms with Gasteiger partial charge in [-0.25, -0.2) is 0 Å². The number of nitrogens with two attached hydrogens (primary N) is 1. The number of carbonyl (C=O) groups is 1. The van der Waals surface area contributed by atoms with E-state index in [2.05, 4.69) is 10.2 Å². The Morgan fingerprint density at radius 2 is 2.10 bits per heavy atom. The Bertz CT molecular complexity index is 543. The van der Waals surface area contributed by atoms with Gasteiger partial charge in [-0.05, 0) is 49.4 Å². The standard InChI is InChI=1S/C16H21N3OS/c17-16(21)12-2-4-13(5-3-12)18-15(20)7-8-19-10-11-1-6-14(19)9-11/h2-5,11,14H,1,6-10H2,(H2,17,21)(H,18,20). The monoisotopic (exact) mass is 303 g/mol. The number of hydrogen-bond donors (Lipinski definition) is 2. The first-order valence-corrected chi connectivity index (χ1v) is 7.96. The number of carbonyl (C=O) groups excluding carboxylic acids is 1. The van der Waals surface area contributed by atoms with Crippen molar-refractivity contribution >= 4 is 28.8 Å². The highest BCUT2D eigenvalue weighted by atomic mass is 32.1. The minimum absolute atomic E-state index is 0.0702. The highest BCUT2D eigenvalue weighted by Crippen LogP contribution is 2.37. The van der Waals surface area contributed by atoms with E-state index in [1.165, 1.54) is 25.8 Å². The minimum atomic E-state index is 0.0702. The molecule has 1 heterocycles. The molecule has 1 aliphatic heterocycles. The molecule has 1 aromatic carbocycles. The molecule has 3 N–H and O–H groups in total. The number of hydrogen-bond acceptors (Lipinski definition) is 3. The van der Waals surface area contributed by atoms with Crippen LogP contribution in [0.4, 0.5) is 5.69 Å². The quantitative estimate of drug-likeness (QED) is 0.818. The number of nitrogens with zero attached hydrogens (tertiary/aromatic N) is 1. The number of likely N-dealkylation sites (tertiary alicyclic amines) is 1. The molecule has 0 radical (unpaired) electrons. The summed E-state index contributed by atoms with van der Waals surface area (Å²) in [6.07, 6.45) is 4.58. The fraction of sp³-hybridized carbons (Fsp3) is 0.500. The second-order valence-corrected chi connectivity index (χ2v) is 6.51. The lowest BCUT2D eigenvalue weighted by Crippen LogP contribution is -2.34. The maximum Gasteiger partial charge on any atom is 0.225 e.